The van der Waals surface area contributed by atoms with Crippen LogP contribution >= 0.6 is 0 Å². The Morgan fingerprint density at radius 3 is 2.94 bits per heavy atom. The Morgan fingerprint density at radius 1 is 1.47 bits per heavy atom. The quantitative estimate of drug-likeness (QED) is 0.705. The van der Waals surface area contributed by atoms with E-state index in [1.807, 2.05) is 19.0 Å². The van der Waals surface area contributed by atoms with E-state index in [0.29, 0.717) is 6.61 Å². The van der Waals surface area contributed by atoms with Crippen molar-refractivity contribution in [2.75, 3.05) is 20.7 Å². The van der Waals surface area contributed by atoms with E-state index < -0.39 is 12.4 Å². The summed E-state index contributed by atoms with van der Waals surface area (Å²) < 4.78 is 12.9. The van der Waals surface area contributed by atoms with Gasteiger partial charge in [-0.25, -0.2) is 9.67 Å². The minimum Gasteiger partial charge on any atom is -0.389 e. The number of nitrogens with zero attached hydrogens (tertiary/aromatic N) is 4. The van der Waals surface area contributed by atoms with Crippen LogP contribution in [0.15, 0.2) is 12.7 Å². The molecule has 5 atom stereocenters. The van der Waals surface area contributed by atoms with Gasteiger partial charge in [-0.1, -0.05) is 0 Å². The van der Waals surface area contributed by atoms with E-state index in [1.165, 1.54) is 6.33 Å². The monoisotopic (exact) mass is 240 g/mol. The van der Waals surface area contributed by atoms with Crippen molar-refractivity contribution in [1.82, 2.24) is 19.7 Å². The lowest BCUT2D eigenvalue weighted by Gasteiger charge is -2.41. The van der Waals surface area contributed by atoms with Gasteiger partial charge < -0.3 is 19.5 Å². The molecule has 1 aromatic rings. The van der Waals surface area contributed by atoms with Crippen LogP contribution in [-0.4, -0.2) is 70.0 Å². The van der Waals surface area contributed by atoms with Crippen molar-refractivity contribution in [3.8, 4) is 0 Å². The molecule has 1 aromatic heterocycles. The van der Waals surface area contributed by atoms with E-state index in [1.54, 1.807) is 11.0 Å². The van der Waals surface area contributed by atoms with Crippen LogP contribution in [0, 0.1) is 0 Å². The van der Waals surface area contributed by atoms with E-state index in [4.69, 9.17) is 9.47 Å². The average molecular weight is 240 g/mol. The molecule has 94 valence electrons. The zero-order chi connectivity index (χ0) is 12.0. The Kier molecular flexibility index (Phi) is 2.62. The molecule has 0 spiro atoms. The SMILES string of the molecule is CN(C)C1C2COC(O2)C(n2cncn2)C1O. The predicted octanol–water partition coefficient (Wildman–Crippen LogP) is -1.13. The fourth-order valence-corrected chi connectivity index (χ4v) is 2.67. The molecule has 3 heterocycles. The van der Waals surface area contributed by atoms with Crippen LogP contribution in [0.1, 0.15) is 6.04 Å². The predicted molar refractivity (Wildman–Crippen MR) is 57.2 cm³/mol. The smallest absolute Gasteiger partial charge is 0.183 e. The zero-order valence-corrected chi connectivity index (χ0v) is 9.80. The van der Waals surface area contributed by atoms with E-state index >= 15 is 0 Å². The number of hydrogen-bond acceptors (Lipinski definition) is 6. The summed E-state index contributed by atoms with van der Waals surface area (Å²) in [4.78, 5) is 5.86. The van der Waals surface area contributed by atoms with Gasteiger partial charge in [0, 0.05) is 0 Å². The molecular weight excluding hydrogens is 224 g/mol. The van der Waals surface area contributed by atoms with Crippen molar-refractivity contribution in [2.45, 2.75) is 30.6 Å². The number of aliphatic hydroxyl groups is 1. The molecule has 0 saturated carbocycles. The Morgan fingerprint density at radius 2 is 2.29 bits per heavy atom. The molecule has 2 aliphatic rings. The second-order valence-corrected chi connectivity index (χ2v) is 4.69. The minimum absolute atomic E-state index is 0.0789. The summed E-state index contributed by atoms with van der Waals surface area (Å²) in [6.45, 7) is 0.510. The van der Waals surface area contributed by atoms with Gasteiger partial charge in [0.1, 0.15) is 24.8 Å². The van der Waals surface area contributed by atoms with Crippen molar-refractivity contribution in [1.29, 1.82) is 0 Å². The maximum Gasteiger partial charge on any atom is 0.183 e. The van der Waals surface area contributed by atoms with Crippen LogP contribution < -0.4 is 0 Å². The van der Waals surface area contributed by atoms with Gasteiger partial charge in [-0.05, 0) is 14.1 Å². The highest BCUT2D eigenvalue weighted by atomic mass is 16.7. The fourth-order valence-electron chi connectivity index (χ4n) is 2.67. The summed E-state index contributed by atoms with van der Waals surface area (Å²) in [7, 11) is 3.85. The third-order valence-electron chi connectivity index (χ3n) is 3.43. The van der Waals surface area contributed by atoms with Crippen LogP contribution in [-0.2, 0) is 9.47 Å². The third kappa shape index (κ3) is 1.66. The molecule has 7 heteroatoms. The minimum atomic E-state index is -0.585. The lowest BCUT2D eigenvalue weighted by Crippen LogP contribution is -2.57. The molecule has 2 fully saturated rings. The molecule has 0 radical (unpaired) electrons. The standard InChI is InChI=1S/C10H16N4O3/c1-13(2)7-6-3-16-10(17-6)8(9(7)15)14-5-11-4-12-14/h4-10,15H,3H2,1-2H3. The molecule has 0 aliphatic carbocycles. The summed E-state index contributed by atoms with van der Waals surface area (Å²) in [5.41, 5.74) is 0. The molecule has 0 aromatic carbocycles. The van der Waals surface area contributed by atoms with Crippen LogP contribution in [0.25, 0.3) is 0 Å². The summed E-state index contributed by atoms with van der Waals surface area (Å²) in [6.07, 6.45) is 1.92. The first-order valence-corrected chi connectivity index (χ1v) is 5.64. The van der Waals surface area contributed by atoms with Crippen molar-refractivity contribution in [2.24, 2.45) is 0 Å². The molecule has 17 heavy (non-hydrogen) atoms. The van der Waals surface area contributed by atoms with Gasteiger partial charge in [0.15, 0.2) is 6.29 Å². The number of aromatic nitrogens is 3. The highest BCUT2D eigenvalue weighted by Crippen LogP contribution is 2.36. The summed E-state index contributed by atoms with van der Waals surface area (Å²) >= 11 is 0. The van der Waals surface area contributed by atoms with Gasteiger partial charge in [-0.2, -0.15) is 5.10 Å². The summed E-state index contributed by atoms with van der Waals surface area (Å²) in [6, 6.07) is -0.438. The summed E-state index contributed by atoms with van der Waals surface area (Å²) in [5, 5.41) is 14.5. The normalized spacial score (nSPS) is 41.1. The number of hydrogen-bond donors (Lipinski definition) is 1. The molecule has 2 aliphatic heterocycles. The second-order valence-electron chi connectivity index (χ2n) is 4.69. The van der Waals surface area contributed by atoms with Gasteiger partial charge in [-0.3, -0.25) is 0 Å². The molecule has 5 unspecified atom stereocenters. The van der Waals surface area contributed by atoms with E-state index in [0.717, 1.165) is 0 Å². The first-order chi connectivity index (χ1) is 8.18. The van der Waals surface area contributed by atoms with Crippen LogP contribution in [0.4, 0.5) is 0 Å². The Bertz CT molecular complexity index is 383. The van der Waals surface area contributed by atoms with Crippen molar-refractivity contribution >= 4 is 0 Å². The lowest BCUT2D eigenvalue weighted by atomic mass is 9.95. The van der Waals surface area contributed by atoms with Crippen LogP contribution in [0.3, 0.4) is 0 Å². The fraction of sp³-hybridized carbons (Fsp3) is 0.800. The number of rotatable bonds is 2. The van der Waals surface area contributed by atoms with Crippen LogP contribution in [0.2, 0.25) is 0 Å². The van der Waals surface area contributed by atoms with Crippen molar-refractivity contribution in [3.05, 3.63) is 12.7 Å². The maximum atomic E-state index is 10.5. The molecule has 3 rings (SSSR count). The highest BCUT2D eigenvalue weighted by Gasteiger charge is 2.52. The number of ether oxygens (including phenoxy) is 2. The molecular formula is C10H16N4O3. The molecule has 7 nitrogen and oxygen atoms in total. The topological polar surface area (TPSA) is 72.6 Å². The van der Waals surface area contributed by atoms with Gasteiger partial charge in [-0.15, -0.1) is 0 Å². The van der Waals surface area contributed by atoms with Gasteiger partial charge in [0.2, 0.25) is 0 Å². The van der Waals surface area contributed by atoms with Crippen LogP contribution in [0.5, 0.6) is 0 Å². The Balaban J connectivity index is 1.93. The van der Waals surface area contributed by atoms with Crippen molar-refractivity contribution < 1.29 is 14.6 Å². The van der Waals surface area contributed by atoms with Gasteiger partial charge >= 0.3 is 0 Å². The average Bonchev–Trinajstić information content (AvgIpc) is 2.89. The number of aliphatic hydroxyl groups excluding tert-OH is 1. The Labute approximate surface area is 98.9 Å². The number of likely N-dealkylation sites (N-methyl/N-ethyl adjacent to an activating group) is 1. The first kappa shape index (κ1) is 11.1. The second kappa shape index (κ2) is 4.02. The molecule has 2 bridgehead atoms. The van der Waals surface area contributed by atoms with E-state index in [-0.39, 0.29) is 18.2 Å². The van der Waals surface area contributed by atoms with Gasteiger partial charge in [0.25, 0.3) is 0 Å². The largest absolute Gasteiger partial charge is 0.389 e. The lowest BCUT2D eigenvalue weighted by molar-refractivity contribution is -0.181. The summed E-state index contributed by atoms with van der Waals surface area (Å²) in [5.74, 6) is 0. The first-order valence-electron chi connectivity index (χ1n) is 5.64. The molecule has 1 N–H and O–H groups in total. The highest BCUT2D eigenvalue weighted by molar-refractivity contribution is 4.99. The number of fused-ring (bicyclic) bond motifs is 2. The van der Waals surface area contributed by atoms with Gasteiger partial charge in [0.05, 0.1) is 18.8 Å². The van der Waals surface area contributed by atoms with E-state index in [2.05, 4.69) is 10.1 Å². The maximum absolute atomic E-state index is 10.5. The molecule has 2 saturated heterocycles. The zero-order valence-electron chi connectivity index (χ0n) is 9.80. The molecule has 0 amide bonds. The van der Waals surface area contributed by atoms with Crippen molar-refractivity contribution in [3.63, 3.8) is 0 Å². The Hall–Kier alpha value is -1.02. The van der Waals surface area contributed by atoms with E-state index in [9.17, 15) is 5.11 Å². The third-order valence-corrected chi connectivity index (χ3v) is 3.43.